The highest BCUT2D eigenvalue weighted by molar-refractivity contribution is 5.39. The number of tetrazole rings is 1. The van der Waals surface area contributed by atoms with Gasteiger partial charge >= 0.3 is 0 Å². The van der Waals surface area contributed by atoms with E-state index < -0.39 is 0 Å². The molecular weight excluding hydrogens is 233 g/mol. The molecule has 0 atom stereocenters. The van der Waals surface area contributed by atoms with Crippen molar-refractivity contribution in [3.8, 4) is 5.69 Å². The van der Waals surface area contributed by atoms with Gasteiger partial charge in [-0.15, -0.1) is 5.10 Å². The van der Waals surface area contributed by atoms with Crippen molar-refractivity contribution in [2.24, 2.45) is 0 Å². The maximum atomic E-state index is 13.1. The normalized spacial score (nSPS) is 10.8. The van der Waals surface area contributed by atoms with Crippen molar-refractivity contribution in [1.82, 2.24) is 25.5 Å². The third-order valence-corrected chi connectivity index (χ3v) is 2.63. The summed E-state index contributed by atoms with van der Waals surface area (Å²) in [5.74, 6) is 0.466. The molecule has 1 aromatic heterocycles. The predicted molar refractivity (Wildman–Crippen MR) is 65.8 cm³/mol. The summed E-state index contributed by atoms with van der Waals surface area (Å²) in [4.78, 5) is 0. The van der Waals surface area contributed by atoms with Crippen LogP contribution in [0.1, 0.15) is 24.7 Å². The van der Waals surface area contributed by atoms with Gasteiger partial charge < -0.3 is 5.32 Å². The first kappa shape index (κ1) is 12.6. The lowest BCUT2D eigenvalue weighted by atomic mass is 10.2. The molecule has 0 saturated carbocycles. The molecule has 2 rings (SSSR count). The number of nitrogens with zero attached hydrogens (tertiary/aromatic N) is 4. The lowest BCUT2D eigenvalue weighted by Crippen LogP contribution is -2.18. The summed E-state index contributed by atoms with van der Waals surface area (Å²) in [5.41, 5.74) is 1.61. The van der Waals surface area contributed by atoms with E-state index >= 15 is 0 Å². The summed E-state index contributed by atoms with van der Waals surface area (Å²) in [6.07, 6.45) is 1.05. The second kappa shape index (κ2) is 5.68. The third-order valence-electron chi connectivity index (χ3n) is 2.63. The van der Waals surface area contributed by atoms with E-state index in [1.807, 2.05) is 6.92 Å². The molecule has 0 unspecified atom stereocenters. The molecule has 6 heteroatoms. The summed E-state index contributed by atoms with van der Waals surface area (Å²) in [5, 5.41) is 14.8. The van der Waals surface area contributed by atoms with Gasteiger partial charge in [0.2, 0.25) is 0 Å². The van der Waals surface area contributed by atoms with Crippen molar-refractivity contribution in [2.45, 2.75) is 26.8 Å². The second-order valence-electron chi connectivity index (χ2n) is 4.11. The number of rotatable bonds is 5. The molecule has 0 aliphatic carbocycles. The first-order valence-corrected chi connectivity index (χ1v) is 5.97. The zero-order valence-corrected chi connectivity index (χ0v) is 10.5. The Hall–Kier alpha value is -1.82. The van der Waals surface area contributed by atoms with Crippen LogP contribution in [0.3, 0.4) is 0 Å². The molecule has 5 nitrogen and oxygen atoms in total. The fourth-order valence-electron chi connectivity index (χ4n) is 1.74. The molecule has 1 aromatic carbocycles. The molecule has 0 spiro atoms. The molecule has 0 radical (unpaired) electrons. The summed E-state index contributed by atoms with van der Waals surface area (Å²) < 4.78 is 14.7. The Morgan fingerprint density at radius 1 is 1.39 bits per heavy atom. The van der Waals surface area contributed by atoms with Crippen LogP contribution in [0.25, 0.3) is 5.69 Å². The summed E-state index contributed by atoms with van der Waals surface area (Å²) in [7, 11) is 0. The van der Waals surface area contributed by atoms with Gasteiger partial charge in [-0.2, -0.15) is 4.68 Å². The molecule has 1 heterocycles. The van der Waals surface area contributed by atoms with Crippen molar-refractivity contribution >= 4 is 0 Å². The van der Waals surface area contributed by atoms with Crippen LogP contribution in [0.5, 0.6) is 0 Å². The van der Waals surface area contributed by atoms with Crippen molar-refractivity contribution in [3.63, 3.8) is 0 Å². The Balaban J connectivity index is 2.25. The van der Waals surface area contributed by atoms with Crippen LogP contribution in [0.2, 0.25) is 0 Å². The third kappa shape index (κ3) is 2.70. The van der Waals surface area contributed by atoms with Crippen molar-refractivity contribution in [2.75, 3.05) is 6.54 Å². The molecule has 2 aromatic rings. The van der Waals surface area contributed by atoms with E-state index in [4.69, 9.17) is 0 Å². The Morgan fingerprint density at radius 2 is 2.22 bits per heavy atom. The molecule has 96 valence electrons. The van der Waals surface area contributed by atoms with E-state index in [0.29, 0.717) is 6.54 Å². The van der Waals surface area contributed by atoms with Crippen LogP contribution >= 0.6 is 0 Å². The van der Waals surface area contributed by atoms with Crippen LogP contribution in [0, 0.1) is 12.7 Å². The topological polar surface area (TPSA) is 55.6 Å². The van der Waals surface area contributed by atoms with Crippen LogP contribution in [0.4, 0.5) is 4.39 Å². The molecule has 1 N–H and O–H groups in total. The van der Waals surface area contributed by atoms with Gasteiger partial charge in [0.05, 0.1) is 12.2 Å². The molecule has 0 amide bonds. The molecule has 18 heavy (non-hydrogen) atoms. The van der Waals surface area contributed by atoms with Gasteiger partial charge in [0, 0.05) is 0 Å². The SMILES string of the molecule is CCCNCc1nnnn1-c1ccc(F)cc1C. The van der Waals surface area contributed by atoms with Gasteiger partial charge in [-0.05, 0) is 54.1 Å². The van der Waals surface area contributed by atoms with Crippen molar-refractivity contribution in [3.05, 3.63) is 35.4 Å². The standard InChI is InChI=1S/C12H16FN5/c1-3-6-14-8-12-15-16-17-18(12)11-5-4-10(13)7-9(11)2/h4-5,7,14H,3,6,8H2,1-2H3. The zero-order valence-electron chi connectivity index (χ0n) is 10.5. The molecule has 0 saturated heterocycles. The number of aryl methyl sites for hydroxylation is 1. The van der Waals surface area contributed by atoms with E-state index in [0.717, 1.165) is 30.0 Å². The van der Waals surface area contributed by atoms with Gasteiger partial charge in [0.1, 0.15) is 5.82 Å². The van der Waals surface area contributed by atoms with Gasteiger partial charge in [0.15, 0.2) is 5.82 Å². The van der Waals surface area contributed by atoms with E-state index in [2.05, 4.69) is 27.8 Å². The van der Waals surface area contributed by atoms with E-state index in [9.17, 15) is 4.39 Å². The highest BCUT2D eigenvalue weighted by Crippen LogP contribution is 2.15. The highest BCUT2D eigenvalue weighted by Gasteiger charge is 2.10. The smallest absolute Gasteiger partial charge is 0.170 e. The quantitative estimate of drug-likeness (QED) is 0.818. The molecule has 0 fully saturated rings. The summed E-state index contributed by atoms with van der Waals surface area (Å²) in [6, 6.07) is 4.57. The Bertz CT molecular complexity index is 523. The molecule has 0 aliphatic rings. The Kier molecular flexibility index (Phi) is 3.99. The summed E-state index contributed by atoms with van der Waals surface area (Å²) in [6.45, 7) is 5.44. The number of nitrogens with one attached hydrogen (secondary N) is 1. The van der Waals surface area contributed by atoms with Crippen LogP contribution in [-0.2, 0) is 6.54 Å². The molecule has 0 aliphatic heterocycles. The van der Waals surface area contributed by atoms with E-state index in [-0.39, 0.29) is 5.82 Å². The van der Waals surface area contributed by atoms with Gasteiger partial charge in [-0.3, -0.25) is 0 Å². The number of halogens is 1. The highest BCUT2D eigenvalue weighted by atomic mass is 19.1. The van der Waals surface area contributed by atoms with Crippen molar-refractivity contribution in [1.29, 1.82) is 0 Å². The van der Waals surface area contributed by atoms with E-state index in [1.165, 1.54) is 12.1 Å². The summed E-state index contributed by atoms with van der Waals surface area (Å²) >= 11 is 0. The predicted octanol–water partition coefficient (Wildman–Crippen LogP) is 1.61. The minimum absolute atomic E-state index is 0.255. The average Bonchev–Trinajstić information content (AvgIpc) is 2.78. The lowest BCUT2D eigenvalue weighted by molar-refractivity contribution is 0.620. The lowest BCUT2D eigenvalue weighted by Gasteiger charge is -2.08. The monoisotopic (exact) mass is 249 g/mol. The molecular formula is C12H16FN5. The average molecular weight is 249 g/mol. The number of hydrogen-bond acceptors (Lipinski definition) is 4. The maximum Gasteiger partial charge on any atom is 0.170 e. The van der Waals surface area contributed by atoms with Gasteiger partial charge in [0.25, 0.3) is 0 Å². The maximum absolute atomic E-state index is 13.1. The fourth-order valence-corrected chi connectivity index (χ4v) is 1.74. The number of hydrogen-bond donors (Lipinski definition) is 1. The van der Waals surface area contributed by atoms with Gasteiger partial charge in [-0.25, -0.2) is 4.39 Å². The first-order chi connectivity index (χ1) is 8.72. The largest absolute Gasteiger partial charge is 0.310 e. The minimum Gasteiger partial charge on any atom is -0.310 e. The van der Waals surface area contributed by atoms with Crippen LogP contribution in [0.15, 0.2) is 18.2 Å². The van der Waals surface area contributed by atoms with Gasteiger partial charge in [-0.1, -0.05) is 6.92 Å². The first-order valence-electron chi connectivity index (χ1n) is 5.97. The van der Waals surface area contributed by atoms with E-state index in [1.54, 1.807) is 10.7 Å². The number of benzene rings is 1. The minimum atomic E-state index is -0.255. The number of aromatic nitrogens is 4. The molecule has 0 bridgehead atoms. The Morgan fingerprint density at radius 3 is 2.94 bits per heavy atom. The fraction of sp³-hybridized carbons (Fsp3) is 0.417. The second-order valence-corrected chi connectivity index (χ2v) is 4.11. The van der Waals surface area contributed by atoms with Crippen LogP contribution in [-0.4, -0.2) is 26.8 Å². The van der Waals surface area contributed by atoms with Crippen molar-refractivity contribution < 1.29 is 4.39 Å². The zero-order chi connectivity index (χ0) is 13.0. The van der Waals surface area contributed by atoms with Crippen LogP contribution < -0.4 is 5.32 Å². The Labute approximate surface area is 105 Å².